The molecule has 1 aliphatic rings. The zero-order valence-electron chi connectivity index (χ0n) is 9.56. The summed E-state index contributed by atoms with van der Waals surface area (Å²) in [6.45, 7) is 5.08. The second-order valence-corrected chi connectivity index (χ2v) is 3.80. The van der Waals surface area contributed by atoms with Gasteiger partial charge in [-0.1, -0.05) is 17.7 Å². The normalized spacial score (nSPS) is 15.2. The zero-order valence-corrected chi connectivity index (χ0v) is 9.56. The molecule has 1 aromatic rings. The standard InChI is InChI=1S/C13H15NO2/c1-3-16-12-8-13(15)14(9-12)11-6-4-10(2)5-7-11/h4-8H,3,9H2,1-2H3. The quantitative estimate of drug-likeness (QED) is 0.777. The Morgan fingerprint density at radius 1 is 1.31 bits per heavy atom. The molecule has 1 aliphatic heterocycles. The molecule has 84 valence electrons. The van der Waals surface area contributed by atoms with Crippen molar-refractivity contribution in [1.29, 1.82) is 0 Å². The van der Waals surface area contributed by atoms with E-state index in [2.05, 4.69) is 0 Å². The first kappa shape index (κ1) is 10.7. The molecule has 0 saturated carbocycles. The number of carbonyl (C=O) groups excluding carboxylic acids is 1. The summed E-state index contributed by atoms with van der Waals surface area (Å²) in [6, 6.07) is 7.91. The van der Waals surface area contributed by atoms with E-state index in [1.54, 1.807) is 11.0 Å². The van der Waals surface area contributed by atoms with Crippen LogP contribution >= 0.6 is 0 Å². The van der Waals surface area contributed by atoms with Crippen LogP contribution in [0.3, 0.4) is 0 Å². The Balaban J connectivity index is 2.14. The first-order valence-electron chi connectivity index (χ1n) is 5.42. The SMILES string of the molecule is CCOC1=CC(=O)N(c2ccc(C)cc2)C1. The lowest BCUT2D eigenvalue weighted by Gasteiger charge is -2.16. The van der Waals surface area contributed by atoms with Crippen LogP contribution in [0.4, 0.5) is 5.69 Å². The zero-order chi connectivity index (χ0) is 11.5. The van der Waals surface area contributed by atoms with Gasteiger partial charge in [0.2, 0.25) is 0 Å². The number of benzene rings is 1. The predicted octanol–water partition coefficient (Wildman–Crippen LogP) is 2.26. The maximum Gasteiger partial charge on any atom is 0.254 e. The second-order valence-electron chi connectivity index (χ2n) is 3.80. The van der Waals surface area contributed by atoms with Gasteiger partial charge in [-0.25, -0.2) is 0 Å². The predicted molar refractivity (Wildman–Crippen MR) is 63.2 cm³/mol. The highest BCUT2D eigenvalue weighted by atomic mass is 16.5. The molecule has 3 heteroatoms. The minimum atomic E-state index is -0.00713. The maximum atomic E-state index is 11.7. The van der Waals surface area contributed by atoms with Crippen LogP contribution in [0.15, 0.2) is 36.1 Å². The number of anilines is 1. The fourth-order valence-electron chi connectivity index (χ4n) is 1.71. The van der Waals surface area contributed by atoms with Crippen LogP contribution in [0.25, 0.3) is 0 Å². The summed E-state index contributed by atoms with van der Waals surface area (Å²) in [5, 5.41) is 0. The van der Waals surface area contributed by atoms with Crippen molar-refractivity contribution < 1.29 is 9.53 Å². The van der Waals surface area contributed by atoms with Gasteiger partial charge in [0.1, 0.15) is 5.76 Å². The lowest BCUT2D eigenvalue weighted by atomic mass is 10.2. The van der Waals surface area contributed by atoms with E-state index in [9.17, 15) is 4.79 Å². The van der Waals surface area contributed by atoms with Gasteiger partial charge < -0.3 is 9.64 Å². The topological polar surface area (TPSA) is 29.5 Å². The second kappa shape index (κ2) is 4.39. The van der Waals surface area contributed by atoms with E-state index in [0.717, 1.165) is 11.4 Å². The van der Waals surface area contributed by atoms with E-state index in [4.69, 9.17) is 4.74 Å². The summed E-state index contributed by atoms with van der Waals surface area (Å²) in [7, 11) is 0. The average Bonchev–Trinajstić information content (AvgIpc) is 2.61. The van der Waals surface area contributed by atoms with Crippen molar-refractivity contribution in [3.8, 4) is 0 Å². The van der Waals surface area contributed by atoms with Crippen LogP contribution in [0.5, 0.6) is 0 Å². The first-order valence-corrected chi connectivity index (χ1v) is 5.42. The molecule has 0 saturated heterocycles. The van der Waals surface area contributed by atoms with Gasteiger partial charge in [0, 0.05) is 11.8 Å². The molecule has 0 atom stereocenters. The fraction of sp³-hybridized carbons (Fsp3) is 0.308. The van der Waals surface area contributed by atoms with Crippen LogP contribution in [-0.4, -0.2) is 19.1 Å². The lowest BCUT2D eigenvalue weighted by molar-refractivity contribution is -0.113. The van der Waals surface area contributed by atoms with Crippen LogP contribution < -0.4 is 4.90 Å². The van der Waals surface area contributed by atoms with E-state index in [1.165, 1.54) is 5.56 Å². The van der Waals surface area contributed by atoms with Crippen molar-refractivity contribution in [2.45, 2.75) is 13.8 Å². The van der Waals surface area contributed by atoms with Gasteiger partial charge in [0.15, 0.2) is 0 Å². The van der Waals surface area contributed by atoms with Crippen LogP contribution in [0.1, 0.15) is 12.5 Å². The number of ether oxygens (including phenoxy) is 1. The molecule has 0 N–H and O–H groups in total. The van der Waals surface area contributed by atoms with Crippen LogP contribution in [-0.2, 0) is 9.53 Å². The number of amides is 1. The van der Waals surface area contributed by atoms with Crippen LogP contribution in [0, 0.1) is 6.92 Å². The number of nitrogens with zero attached hydrogens (tertiary/aromatic N) is 1. The van der Waals surface area contributed by atoms with E-state index < -0.39 is 0 Å². The van der Waals surface area contributed by atoms with Gasteiger partial charge >= 0.3 is 0 Å². The number of carbonyl (C=O) groups is 1. The van der Waals surface area contributed by atoms with Crippen molar-refractivity contribution in [2.24, 2.45) is 0 Å². The average molecular weight is 217 g/mol. The van der Waals surface area contributed by atoms with E-state index in [-0.39, 0.29) is 5.91 Å². The number of aryl methyl sites for hydroxylation is 1. The van der Waals surface area contributed by atoms with E-state index in [1.807, 2.05) is 38.1 Å². The molecule has 2 rings (SSSR count). The molecule has 0 fully saturated rings. The van der Waals surface area contributed by atoms with Gasteiger partial charge in [-0.2, -0.15) is 0 Å². The summed E-state index contributed by atoms with van der Waals surface area (Å²) in [6.07, 6.45) is 1.56. The third-order valence-corrected chi connectivity index (χ3v) is 2.54. The number of hydrogen-bond donors (Lipinski definition) is 0. The van der Waals surface area contributed by atoms with Crippen molar-refractivity contribution >= 4 is 11.6 Å². The van der Waals surface area contributed by atoms with Gasteiger partial charge in [0.05, 0.1) is 13.2 Å². The Kier molecular flexibility index (Phi) is 2.95. The highest BCUT2D eigenvalue weighted by Gasteiger charge is 2.23. The van der Waals surface area contributed by atoms with Crippen LogP contribution in [0.2, 0.25) is 0 Å². The molecule has 0 unspecified atom stereocenters. The molecule has 1 amide bonds. The summed E-state index contributed by atoms with van der Waals surface area (Å²) in [5.41, 5.74) is 2.11. The molecule has 0 spiro atoms. The molecular formula is C13H15NO2. The molecule has 0 bridgehead atoms. The van der Waals surface area contributed by atoms with Crippen molar-refractivity contribution in [3.63, 3.8) is 0 Å². The molecule has 0 radical (unpaired) electrons. The molecule has 1 heterocycles. The Bertz CT molecular complexity index is 420. The third-order valence-electron chi connectivity index (χ3n) is 2.54. The summed E-state index contributed by atoms with van der Waals surface area (Å²) in [5.74, 6) is 0.736. The first-order chi connectivity index (χ1) is 7.70. The molecular weight excluding hydrogens is 202 g/mol. The van der Waals surface area contributed by atoms with Crippen molar-refractivity contribution in [1.82, 2.24) is 0 Å². The van der Waals surface area contributed by atoms with Crippen molar-refractivity contribution in [2.75, 3.05) is 18.1 Å². The third kappa shape index (κ3) is 2.08. The van der Waals surface area contributed by atoms with E-state index in [0.29, 0.717) is 13.2 Å². The fourth-order valence-corrected chi connectivity index (χ4v) is 1.71. The van der Waals surface area contributed by atoms with Gasteiger partial charge in [-0.15, -0.1) is 0 Å². The Morgan fingerprint density at radius 3 is 2.62 bits per heavy atom. The Labute approximate surface area is 95.3 Å². The van der Waals surface area contributed by atoms with E-state index >= 15 is 0 Å². The molecule has 0 aromatic heterocycles. The number of hydrogen-bond acceptors (Lipinski definition) is 2. The summed E-state index contributed by atoms with van der Waals surface area (Å²) < 4.78 is 5.35. The molecule has 3 nitrogen and oxygen atoms in total. The smallest absolute Gasteiger partial charge is 0.254 e. The van der Waals surface area contributed by atoms with Gasteiger partial charge in [0.25, 0.3) is 5.91 Å². The van der Waals surface area contributed by atoms with Crippen molar-refractivity contribution in [3.05, 3.63) is 41.7 Å². The van der Waals surface area contributed by atoms with Gasteiger partial charge in [-0.05, 0) is 26.0 Å². The molecule has 16 heavy (non-hydrogen) atoms. The lowest BCUT2D eigenvalue weighted by Crippen LogP contribution is -2.25. The van der Waals surface area contributed by atoms with Gasteiger partial charge in [-0.3, -0.25) is 4.79 Å². The summed E-state index contributed by atoms with van der Waals surface area (Å²) >= 11 is 0. The minimum Gasteiger partial charge on any atom is -0.496 e. The Hall–Kier alpha value is -1.77. The maximum absolute atomic E-state index is 11.7. The summed E-state index contributed by atoms with van der Waals surface area (Å²) in [4.78, 5) is 13.4. The molecule has 0 aliphatic carbocycles. The largest absolute Gasteiger partial charge is 0.496 e. The molecule has 1 aromatic carbocycles. The Morgan fingerprint density at radius 2 is 2.00 bits per heavy atom. The highest BCUT2D eigenvalue weighted by Crippen LogP contribution is 2.21. The minimum absolute atomic E-state index is 0.00713. The number of rotatable bonds is 3. The monoisotopic (exact) mass is 217 g/mol. The highest BCUT2D eigenvalue weighted by molar-refractivity contribution is 6.04.